The van der Waals surface area contributed by atoms with Crippen molar-refractivity contribution in [2.75, 3.05) is 0 Å². The lowest BCUT2D eigenvalue weighted by molar-refractivity contribution is 0.657. The molecule has 0 bridgehead atoms. The SMILES string of the molecule is O=c1/c(=C/C(Br)=C\c2ccccc2)sc2n1[C@@H](c1ccccc1)C(c1ccccc1)=NN=2. The summed E-state index contributed by atoms with van der Waals surface area (Å²) in [5.41, 5.74) is 3.68. The van der Waals surface area contributed by atoms with Crippen LogP contribution in [0.1, 0.15) is 22.7 Å². The summed E-state index contributed by atoms with van der Waals surface area (Å²) < 4.78 is 3.18. The molecule has 0 amide bonds. The van der Waals surface area contributed by atoms with Gasteiger partial charge in [-0.1, -0.05) is 118 Å². The van der Waals surface area contributed by atoms with Gasteiger partial charge in [-0.3, -0.25) is 9.36 Å². The van der Waals surface area contributed by atoms with Crippen molar-refractivity contribution in [1.29, 1.82) is 0 Å². The predicted octanol–water partition coefficient (Wildman–Crippen LogP) is 4.75. The largest absolute Gasteiger partial charge is 0.271 e. The van der Waals surface area contributed by atoms with Gasteiger partial charge < -0.3 is 0 Å². The number of aromatic nitrogens is 1. The third-order valence-electron chi connectivity index (χ3n) is 5.16. The minimum Gasteiger partial charge on any atom is -0.268 e. The van der Waals surface area contributed by atoms with Gasteiger partial charge in [-0.05, 0) is 23.3 Å². The second kappa shape index (κ2) is 9.02. The van der Waals surface area contributed by atoms with Crippen LogP contribution >= 0.6 is 27.3 Å². The average Bonchev–Trinajstić information content (AvgIpc) is 3.15. The summed E-state index contributed by atoms with van der Waals surface area (Å²) in [7, 11) is 0. The molecule has 4 nitrogen and oxygen atoms in total. The molecule has 2 heterocycles. The van der Waals surface area contributed by atoms with E-state index in [4.69, 9.17) is 0 Å². The van der Waals surface area contributed by atoms with E-state index in [1.54, 1.807) is 4.57 Å². The summed E-state index contributed by atoms with van der Waals surface area (Å²) in [6.45, 7) is 0. The van der Waals surface area contributed by atoms with E-state index in [1.165, 1.54) is 11.3 Å². The molecule has 3 aromatic carbocycles. The molecule has 1 aromatic heterocycles. The maximum atomic E-state index is 13.5. The Bertz CT molecular complexity index is 1490. The number of allylic oxidation sites excluding steroid dienone is 1. The van der Waals surface area contributed by atoms with E-state index in [1.807, 2.05) is 103 Å². The average molecular weight is 500 g/mol. The Morgan fingerprint density at radius 1 is 0.875 bits per heavy atom. The third-order valence-corrected chi connectivity index (χ3v) is 6.59. The molecule has 5 rings (SSSR count). The Morgan fingerprint density at radius 2 is 1.50 bits per heavy atom. The van der Waals surface area contributed by atoms with Crippen molar-refractivity contribution in [3.05, 3.63) is 132 Å². The highest BCUT2D eigenvalue weighted by molar-refractivity contribution is 9.12. The number of halogens is 1. The fraction of sp³-hybridized carbons (Fsp3) is 0.0385. The Kier molecular flexibility index (Phi) is 5.79. The second-order valence-corrected chi connectivity index (χ2v) is 9.20. The molecule has 0 saturated carbocycles. The molecule has 0 fully saturated rings. The van der Waals surface area contributed by atoms with Crippen LogP contribution in [0.2, 0.25) is 0 Å². The standard InChI is InChI=1S/C26H18BrN3OS/c27-21(16-18-10-4-1-5-11-18)17-22-25(31)30-24(20-14-8-3-9-15-20)23(28-29-26(30)32-22)19-12-6-2-7-13-19/h1-17,24H/b21-16+,22-17-/t24-/m0/s1. The molecule has 156 valence electrons. The van der Waals surface area contributed by atoms with E-state index >= 15 is 0 Å². The Balaban J connectivity index is 1.66. The molecule has 0 unspecified atom stereocenters. The first-order valence-corrected chi connectivity index (χ1v) is 11.7. The zero-order chi connectivity index (χ0) is 21.9. The van der Waals surface area contributed by atoms with E-state index in [0.29, 0.717) is 9.33 Å². The van der Waals surface area contributed by atoms with Crippen LogP contribution in [0.4, 0.5) is 0 Å². The van der Waals surface area contributed by atoms with Gasteiger partial charge >= 0.3 is 0 Å². The van der Waals surface area contributed by atoms with Gasteiger partial charge in [0.1, 0.15) is 6.04 Å². The topological polar surface area (TPSA) is 46.7 Å². The predicted molar refractivity (Wildman–Crippen MR) is 135 cm³/mol. The summed E-state index contributed by atoms with van der Waals surface area (Å²) in [6.07, 6.45) is 3.84. The maximum absolute atomic E-state index is 13.5. The first-order valence-electron chi connectivity index (χ1n) is 10.1. The Morgan fingerprint density at radius 3 is 2.19 bits per heavy atom. The van der Waals surface area contributed by atoms with Gasteiger partial charge in [-0.15, -0.1) is 10.2 Å². The summed E-state index contributed by atoms with van der Waals surface area (Å²) >= 11 is 4.94. The van der Waals surface area contributed by atoms with Gasteiger partial charge in [-0.25, -0.2) is 0 Å². The fourth-order valence-corrected chi connectivity index (χ4v) is 5.28. The zero-order valence-corrected chi connectivity index (χ0v) is 19.3. The van der Waals surface area contributed by atoms with Gasteiger partial charge in [-0.2, -0.15) is 0 Å². The number of rotatable bonds is 4. The minimum absolute atomic E-state index is 0.0793. The van der Waals surface area contributed by atoms with Crippen molar-refractivity contribution in [2.45, 2.75) is 6.04 Å². The Labute approximate surface area is 197 Å². The zero-order valence-electron chi connectivity index (χ0n) is 16.9. The number of nitrogens with zero attached hydrogens (tertiary/aromatic N) is 3. The van der Waals surface area contributed by atoms with Crippen molar-refractivity contribution in [3.63, 3.8) is 0 Å². The fourth-order valence-electron chi connectivity index (χ4n) is 3.70. The van der Waals surface area contributed by atoms with Crippen molar-refractivity contribution in [1.82, 2.24) is 4.57 Å². The van der Waals surface area contributed by atoms with Crippen LogP contribution in [0.15, 0.2) is 110 Å². The maximum Gasteiger partial charge on any atom is 0.271 e. The smallest absolute Gasteiger partial charge is 0.268 e. The highest BCUT2D eigenvalue weighted by Gasteiger charge is 2.28. The lowest BCUT2D eigenvalue weighted by Crippen LogP contribution is -2.40. The van der Waals surface area contributed by atoms with Crippen LogP contribution in [0.25, 0.3) is 12.2 Å². The van der Waals surface area contributed by atoms with Crippen LogP contribution < -0.4 is 14.9 Å². The van der Waals surface area contributed by atoms with E-state index < -0.39 is 0 Å². The summed E-state index contributed by atoms with van der Waals surface area (Å²) in [5.74, 6) is 0. The number of fused-ring (bicyclic) bond motifs is 1. The summed E-state index contributed by atoms with van der Waals surface area (Å²) in [4.78, 5) is 14.1. The number of benzene rings is 3. The van der Waals surface area contributed by atoms with Gasteiger partial charge in [0, 0.05) is 10.0 Å². The molecular weight excluding hydrogens is 482 g/mol. The van der Waals surface area contributed by atoms with E-state index in [9.17, 15) is 4.79 Å². The molecule has 0 aliphatic carbocycles. The van der Waals surface area contributed by atoms with Crippen molar-refractivity contribution in [2.24, 2.45) is 10.2 Å². The van der Waals surface area contributed by atoms with Crippen LogP contribution in [0, 0.1) is 0 Å². The van der Waals surface area contributed by atoms with E-state index in [-0.39, 0.29) is 11.6 Å². The van der Waals surface area contributed by atoms with E-state index in [0.717, 1.165) is 26.9 Å². The molecule has 6 heteroatoms. The van der Waals surface area contributed by atoms with Gasteiger partial charge in [0.25, 0.3) is 5.56 Å². The summed E-state index contributed by atoms with van der Waals surface area (Å²) in [5, 5.41) is 8.97. The third kappa shape index (κ3) is 4.07. The molecule has 0 N–H and O–H groups in total. The lowest BCUT2D eigenvalue weighted by Gasteiger charge is -2.22. The molecule has 32 heavy (non-hydrogen) atoms. The van der Waals surface area contributed by atoms with Crippen molar-refractivity contribution in [3.8, 4) is 0 Å². The first kappa shape index (κ1) is 20.5. The molecule has 1 atom stereocenters. The van der Waals surface area contributed by atoms with Crippen LogP contribution in [-0.4, -0.2) is 10.3 Å². The molecule has 1 aliphatic heterocycles. The highest BCUT2D eigenvalue weighted by Crippen LogP contribution is 2.24. The minimum atomic E-state index is -0.339. The number of hydrogen-bond donors (Lipinski definition) is 0. The van der Waals surface area contributed by atoms with Crippen molar-refractivity contribution >= 4 is 45.1 Å². The first-order chi connectivity index (χ1) is 15.7. The normalized spacial score (nSPS) is 16.3. The van der Waals surface area contributed by atoms with E-state index in [2.05, 4.69) is 26.1 Å². The molecule has 1 aliphatic rings. The lowest BCUT2D eigenvalue weighted by atomic mass is 9.96. The second-order valence-electron chi connectivity index (χ2n) is 7.27. The molecule has 0 radical (unpaired) electrons. The molecule has 4 aromatic rings. The highest BCUT2D eigenvalue weighted by atomic mass is 79.9. The van der Waals surface area contributed by atoms with Gasteiger partial charge in [0.15, 0.2) is 0 Å². The van der Waals surface area contributed by atoms with Crippen LogP contribution in [0.5, 0.6) is 0 Å². The van der Waals surface area contributed by atoms with Crippen LogP contribution in [-0.2, 0) is 0 Å². The summed E-state index contributed by atoms with van der Waals surface area (Å²) in [6, 6.07) is 29.5. The Hall–Kier alpha value is -3.35. The molecule has 0 saturated heterocycles. The van der Waals surface area contributed by atoms with Gasteiger partial charge in [0.2, 0.25) is 4.80 Å². The number of thiazole rings is 1. The number of hydrogen-bond acceptors (Lipinski definition) is 4. The van der Waals surface area contributed by atoms with Crippen molar-refractivity contribution < 1.29 is 0 Å². The molecule has 0 spiro atoms. The quantitative estimate of drug-likeness (QED) is 0.399. The molecular formula is C26H18BrN3OS. The van der Waals surface area contributed by atoms with Gasteiger partial charge in [0.05, 0.1) is 10.2 Å². The van der Waals surface area contributed by atoms with Crippen LogP contribution in [0.3, 0.4) is 0 Å². The monoisotopic (exact) mass is 499 g/mol.